The molecule has 0 amide bonds. The quantitative estimate of drug-likeness (QED) is 0.919. The van der Waals surface area contributed by atoms with Gasteiger partial charge in [0.15, 0.2) is 0 Å². The molecule has 126 valence electrons. The standard InChI is InChI=1S/C20H24N2O2/c1-24-19-6-4-16(5-7-19)2-3-17-10-13-22(20(23)14-17)15-18-8-11-21-12-9-18/h2-7,10,13-14,18,21H,8-9,11-12,15H2,1H3/b3-2+. The molecule has 4 nitrogen and oxygen atoms in total. The molecule has 4 heteroatoms. The highest BCUT2D eigenvalue weighted by molar-refractivity contribution is 5.69. The second kappa shape index (κ2) is 7.97. The number of pyridine rings is 1. The van der Waals surface area contributed by atoms with Crippen molar-refractivity contribution in [3.63, 3.8) is 0 Å². The molecule has 0 unspecified atom stereocenters. The average molecular weight is 324 g/mol. The summed E-state index contributed by atoms with van der Waals surface area (Å²) in [5, 5.41) is 3.36. The van der Waals surface area contributed by atoms with Gasteiger partial charge in [0.2, 0.25) is 0 Å². The van der Waals surface area contributed by atoms with E-state index in [0.29, 0.717) is 5.92 Å². The summed E-state index contributed by atoms with van der Waals surface area (Å²) in [7, 11) is 1.66. The summed E-state index contributed by atoms with van der Waals surface area (Å²) in [5.41, 5.74) is 2.08. The van der Waals surface area contributed by atoms with Crippen LogP contribution in [0.25, 0.3) is 12.2 Å². The summed E-state index contributed by atoms with van der Waals surface area (Å²) >= 11 is 0. The van der Waals surface area contributed by atoms with Crippen LogP contribution in [-0.4, -0.2) is 24.8 Å². The molecule has 1 aromatic heterocycles. The average Bonchev–Trinajstić information content (AvgIpc) is 2.63. The monoisotopic (exact) mass is 324 g/mol. The fourth-order valence-electron chi connectivity index (χ4n) is 3.03. The maximum absolute atomic E-state index is 12.3. The van der Waals surface area contributed by atoms with E-state index in [2.05, 4.69) is 5.32 Å². The van der Waals surface area contributed by atoms with Crippen molar-refractivity contribution in [2.24, 2.45) is 5.92 Å². The van der Waals surface area contributed by atoms with Gasteiger partial charge in [0.25, 0.3) is 5.56 Å². The van der Waals surface area contributed by atoms with Gasteiger partial charge in [0.05, 0.1) is 7.11 Å². The maximum Gasteiger partial charge on any atom is 0.251 e. The van der Waals surface area contributed by atoms with E-state index in [0.717, 1.165) is 49.4 Å². The number of methoxy groups -OCH3 is 1. The lowest BCUT2D eigenvalue weighted by molar-refractivity contribution is 0.330. The first-order chi connectivity index (χ1) is 11.7. The van der Waals surface area contributed by atoms with Crippen LogP contribution in [0.4, 0.5) is 0 Å². The van der Waals surface area contributed by atoms with Crippen LogP contribution >= 0.6 is 0 Å². The summed E-state index contributed by atoms with van der Waals surface area (Å²) < 4.78 is 6.99. The molecule has 1 aromatic carbocycles. The number of rotatable bonds is 5. The molecule has 2 heterocycles. The molecular formula is C20H24N2O2. The van der Waals surface area contributed by atoms with E-state index in [1.54, 1.807) is 13.2 Å². The van der Waals surface area contributed by atoms with Gasteiger partial charge in [-0.3, -0.25) is 4.79 Å². The van der Waals surface area contributed by atoms with Gasteiger partial charge in [-0.1, -0.05) is 24.3 Å². The van der Waals surface area contributed by atoms with Crippen LogP contribution in [0.5, 0.6) is 5.75 Å². The van der Waals surface area contributed by atoms with E-state index < -0.39 is 0 Å². The van der Waals surface area contributed by atoms with Crippen LogP contribution in [-0.2, 0) is 6.54 Å². The molecule has 0 saturated carbocycles. The highest BCUT2D eigenvalue weighted by atomic mass is 16.5. The fourth-order valence-corrected chi connectivity index (χ4v) is 3.03. The van der Waals surface area contributed by atoms with Gasteiger partial charge in [-0.2, -0.15) is 0 Å². The van der Waals surface area contributed by atoms with Crippen molar-refractivity contribution in [1.82, 2.24) is 9.88 Å². The highest BCUT2D eigenvalue weighted by Gasteiger charge is 2.13. The molecule has 1 aliphatic heterocycles. The first-order valence-corrected chi connectivity index (χ1v) is 8.48. The minimum atomic E-state index is 0.0745. The molecule has 0 atom stereocenters. The largest absolute Gasteiger partial charge is 0.497 e. The third-order valence-corrected chi connectivity index (χ3v) is 4.52. The van der Waals surface area contributed by atoms with Crippen molar-refractivity contribution in [2.45, 2.75) is 19.4 Å². The van der Waals surface area contributed by atoms with Crippen LogP contribution in [0.3, 0.4) is 0 Å². The zero-order valence-corrected chi connectivity index (χ0v) is 14.1. The minimum absolute atomic E-state index is 0.0745. The Morgan fingerprint density at radius 2 is 1.83 bits per heavy atom. The summed E-state index contributed by atoms with van der Waals surface area (Å²) in [5.74, 6) is 1.44. The number of aromatic nitrogens is 1. The number of nitrogens with one attached hydrogen (secondary N) is 1. The number of hydrogen-bond donors (Lipinski definition) is 1. The predicted octanol–water partition coefficient (Wildman–Crippen LogP) is 3.03. The number of ether oxygens (including phenoxy) is 1. The third kappa shape index (κ3) is 4.36. The van der Waals surface area contributed by atoms with Gasteiger partial charge >= 0.3 is 0 Å². The zero-order chi connectivity index (χ0) is 16.8. The number of piperidine rings is 1. The normalized spacial score (nSPS) is 15.7. The summed E-state index contributed by atoms with van der Waals surface area (Å²) in [6.45, 7) is 2.94. The smallest absolute Gasteiger partial charge is 0.251 e. The Morgan fingerprint density at radius 3 is 2.50 bits per heavy atom. The Hall–Kier alpha value is -2.33. The molecule has 0 bridgehead atoms. The summed E-state index contributed by atoms with van der Waals surface area (Å²) in [6, 6.07) is 11.6. The number of nitrogens with zero attached hydrogens (tertiary/aromatic N) is 1. The van der Waals surface area contributed by atoms with Gasteiger partial charge in [0, 0.05) is 18.8 Å². The van der Waals surface area contributed by atoms with E-state index in [9.17, 15) is 4.79 Å². The Bertz CT molecular complexity index is 741. The van der Waals surface area contributed by atoms with Crippen molar-refractivity contribution in [3.05, 3.63) is 64.1 Å². The molecule has 0 aliphatic carbocycles. The Kier molecular flexibility index (Phi) is 5.49. The van der Waals surface area contributed by atoms with Gasteiger partial charge in [-0.15, -0.1) is 0 Å². The lowest BCUT2D eigenvalue weighted by atomic mass is 9.98. The van der Waals surface area contributed by atoms with Gasteiger partial charge < -0.3 is 14.6 Å². The van der Waals surface area contributed by atoms with Crippen molar-refractivity contribution >= 4 is 12.2 Å². The molecule has 2 aromatic rings. The van der Waals surface area contributed by atoms with Gasteiger partial charge in [-0.05, 0) is 61.2 Å². The van der Waals surface area contributed by atoms with Crippen LogP contribution in [0, 0.1) is 5.92 Å². The molecule has 1 aliphatic rings. The van der Waals surface area contributed by atoms with E-state index in [-0.39, 0.29) is 5.56 Å². The predicted molar refractivity (Wildman–Crippen MR) is 98.2 cm³/mol. The van der Waals surface area contributed by atoms with E-state index >= 15 is 0 Å². The second-order valence-corrected chi connectivity index (χ2v) is 6.25. The van der Waals surface area contributed by atoms with E-state index in [4.69, 9.17) is 4.74 Å². The number of benzene rings is 1. The third-order valence-electron chi connectivity index (χ3n) is 4.52. The molecule has 24 heavy (non-hydrogen) atoms. The van der Waals surface area contributed by atoms with Crippen LogP contribution in [0.2, 0.25) is 0 Å². The minimum Gasteiger partial charge on any atom is -0.497 e. The molecule has 1 fully saturated rings. The van der Waals surface area contributed by atoms with Gasteiger partial charge in [-0.25, -0.2) is 0 Å². The first kappa shape index (κ1) is 16.5. The fraction of sp³-hybridized carbons (Fsp3) is 0.350. The zero-order valence-electron chi connectivity index (χ0n) is 14.1. The SMILES string of the molecule is COc1ccc(/C=C/c2ccn(CC3CCNCC3)c(=O)c2)cc1. The van der Waals surface area contributed by atoms with Crippen LogP contribution < -0.4 is 15.6 Å². The molecule has 1 saturated heterocycles. The summed E-state index contributed by atoms with van der Waals surface area (Å²) in [6.07, 6.45) is 8.18. The van der Waals surface area contributed by atoms with Crippen molar-refractivity contribution in [2.75, 3.05) is 20.2 Å². The molecular weight excluding hydrogens is 300 g/mol. The Balaban J connectivity index is 1.67. The Labute approximate surface area is 142 Å². The maximum atomic E-state index is 12.3. The molecule has 0 radical (unpaired) electrons. The van der Waals surface area contributed by atoms with Crippen LogP contribution in [0.1, 0.15) is 24.0 Å². The molecule has 1 N–H and O–H groups in total. The first-order valence-electron chi connectivity index (χ1n) is 8.48. The lowest BCUT2D eigenvalue weighted by Gasteiger charge is -2.23. The van der Waals surface area contributed by atoms with E-state index in [1.165, 1.54) is 0 Å². The lowest BCUT2D eigenvalue weighted by Crippen LogP contribution is -2.32. The highest BCUT2D eigenvalue weighted by Crippen LogP contribution is 2.15. The molecule has 0 spiro atoms. The number of hydrogen-bond acceptors (Lipinski definition) is 3. The van der Waals surface area contributed by atoms with Crippen molar-refractivity contribution in [1.29, 1.82) is 0 Å². The second-order valence-electron chi connectivity index (χ2n) is 6.25. The van der Waals surface area contributed by atoms with Crippen molar-refractivity contribution < 1.29 is 4.74 Å². The van der Waals surface area contributed by atoms with Gasteiger partial charge in [0.1, 0.15) is 5.75 Å². The summed E-state index contributed by atoms with van der Waals surface area (Å²) in [4.78, 5) is 12.3. The van der Waals surface area contributed by atoms with E-state index in [1.807, 2.05) is 53.2 Å². The van der Waals surface area contributed by atoms with Crippen LogP contribution in [0.15, 0.2) is 47.4 Å². The topological polar surface area (TPSA) is 43.3 Å². The van der Waals surface area contributed by atoms with Crippen molar-refractivity contribution in [3.8, 4) is 5.75 Å². The Morgan fingerprint density at radius 1 is 1.12 bits per heavy atom. The molecule has 3 rings (SSSR count).